The first kappa shape index (κ1) is 16.2. The Hall–Kier alpha value is -2.13. The summed E-state index contributed by atoms with van der Waals surface area (Å²) in [5, 5.41) is 3.05. The van der Waals surface area contributed by atoms with Crippen LogP contribution in [0.25, 0.3) is 0 Å². The number of nitrogens with one attached hydrogen (secondary N) is 1. The summed E-state index contributed by atoms with van der Waals surface area (Å²) in [7, 11) is 0. The van der Waals surface area contributed by atoms with Crippen molar-refractivity contribution in [1.82, 2.24) is 5.32 Å². The summed E-state index contributed by atoms with van der Waals surface area (Å²) in [5.41, 5.74) is 2.39. The highest BCUT2D eigenvalue weighted by atomic mass is 16.5. The minimum absolute atomic E-state index is 0.0160. The van der Waals surface area contributed by atoms with E-state index in [1.807, 2.05) is 50.2 Å². The maximum Gasteiger partial charge on any atom is 0.246 e. The fourth-order valence-electron chi connectivity index (χ4n) is 2.66. The van der Waals surface area contributed by atoms with Gasteiger partial charge in [0.15, 0.2) is 0 Å². The minimum atomic E-state index is -0.0776. The highest BCUT2D eigenvalue weighted by Crippen LogP contribution is 2.27. The van der Waals surface area contributed by atoms with E-state index in [2.05, 4.69) is 29.6 Å². The van der Waals surface area contributed by atoms with Gasteiger partial charge in [0.2, 0.25) is 5.91 Å². The van der Waals surface area contributed by atoms with Crippen LogP contribution < -0.4 is 5.32 Å². The predicted octanol–water partition coefficient (Wildman–Crippen LogP) is 3.36. The molecule has 2 aromatic rings. The van der Waals surface area contributed by atoms with Crippen LogP contribution in [0.5, 0.6) is 0 Å². The molecule has 1 amide bonds. The molecule has 2 rings (SSSR count). The second-order valence-electron chi connectivity index (χ2n) is 5.29. The summed E-state index contributed by atoms with van der Waals surface area (Å²) in [6.07, 6.45) is 0. The van der Waals surface area contributed by atoms with Gasteiger partial charge in [0.05, 0.1) is 0 Å². The fourth-order valence-corrected chi connectivity index (χ4v) is 2.66. The number of hydrogen-bond donors (Lipinski definition) is 1. The lowest BCUT2D eigenvalue weighted by Gasteiger charge is -2.26. The molecular weight excluding hydrogens is 274 g/mol. The SMILES string of the molecule is CCOCC(=O)NC(C)C(c1ccccc1)c1ccccc1. The van der Waals surface area contributed by atoms with Crippen molar-refractivity contribution in [3.63, 3.8) is 0 Å². The molecule has 0 aliphatic heterocycles. The van der Waals surface area contributed by atoms with Crippen LogP contribution >= 0.6 is 0 Å². The van der Waals surface area contributed by atoms with Crippen molar-refractivity contribution >= 4 is 5.91 Å². The Bertz CT molecular complexity index is 529. The Morgan fingerprint density at radius 1 is 1.00 bits per heavy atom. The van der Waals surface area contributed by atoms with E-state index >= 15 is 0 Å². The van der Waals surface area contributed by atoms with E-state index in [1.165, 1.54) is 11.1 Å². The van der Waals surface area contributed by atoms with Gasteiger partial charge in [-0.2, -0.15) is 0 Å². The molecule has 3 nitrogen and oxygen atoms in total. The predicted molar refractivity (Wildman–Crippen MR) is 88.8 cm³/mol. The van der Waals surface area contributed by atoms with Crippen LogP contribution in [0.15, 0.2) is 60.7 Å². The second-order valence-corrected chi connectivity index (χ2v) is 5.29. The zero-order valence-corrected chi connectivity index (χ0v) is 13.2. The molecule has 0 heterocycles. The van der Waals surface area contributed by atoms with Crippen LogP contribution in [0.3, 0.4) is 0 Å². The van der Waals surface area contributed by atoms with E-state index in [0.29, 0.717) is 6.61 Å². The Morgan fingerprint density at radius 2 is 1.50 bits per heavy atom. The molecule has 0 radical (unpaired) electrons. The van der Waals surface area contributed by atoms with Gasteiger partial charge in [-0.05, 0) is 25.0 Å². The molecule has 1 unspecified atom stereocenters. The van der Waals surface area contributed by atoms with Gasteiger partial charge < -0.3 is 10.1 Å². The van der Waals surface area contributed by atoms with Crippen LogP contribution in [0.2, 0.25) is 0 Å². The van der Waals surface area contributed by atoms with Gasteiger partial charge in [0.1, 0.15) is 6.61 Å². The van der Waals surface area contributed by atoms with Crippen LogP contribution in [0.4, 0.5) is 0 Å². The molecule has 22 heavy (non-hydrogen) atoms. The molecule has 1 atom stereocenters. The van der Waals surface area contributed by atoms with Crippen molar-refractivity contribution in [2.24, 2.45) is 0 Å². The summed E-state index contributed by atoms with van der Waals surface area (Å²) < 4.78 is 5.18. The summed E-state index contributed by atoms with van der Waals surface area (Å²) in [5.74, 6) is 0.0409. The Labute approximate surface area is 132 Å². The lowest BCUT2D eigenvalue weighted by atomic mass is 9.86. The Morgan fingerprint density at radius 3 is 1.95 bits per heavy atom. The standard InChI is InChI=1S/C19H23NO2/c1-3-22-14-18(21)20-15(2)19(16-10-6-4-7-11-16)17-12-8-5-9-13-17/h4-13,15,19H,3,14H2,1-2H3,(H,20,21). The third kappa shape index (κ3) is 4.43. The smallest absolute Gasteiger partial charge is 0.246 e. The minimum Gasteiger partial charge on any atom is -0.372 e. The van der Waals surface area contributed by atoms with Gasteiger partial charge in [-0.15, -0.1) is 0 Å². The van der Waals surface area contributed by atoms with Gasteiger partial charge in [0.25, 0.3) is 0 Å². The number of amides is 1. The van der Waals surface area contributed by atoms with Crippen molar-refractivity contribution in [3.05, 3.63) is 71.8 Å². The van der Waals surface area contributed by atoms with Crippen molar-refractivity contribution < 1.29 is 9.53 Å². The Balaban J connectivity index is 2.20. The van der Waals surface area contributed by atoms with Gasteiger partial charge in [-0.25, -0.2) is 0 Å². The molecule has 0 bridgehead atoms. The number of ether oxygens (including phenoxy) is 1. The lowest BCUT2D eigenvalue weighted by molar-refractivity contribution is -0.126. The zero-order valence-electron chi connectivity index (χ0n) is 13.2. The lowest BCUT2D eigenvalue weighted by Crippen LogP contribution is -2.39. The first-order valence-corrected chi connectivity index (χ1v) is 7.69. The summed E-state index contributed by atoms with van der Waals surface area (Å²) in [6, 6.07) is 20.5. The van der Waals surface area contributed by atoms with Gasteiger partial charge >= 0.3 is 0 Å². The van der Waals surface area contributed by atoms with Crippen molar-refractivity contribution in [3.8, 4) is 0 Å². The molecule has 0 aromatic heterocycles. The van der Waals surface area contributed by atoms with Crippen LogP contribution in [-0.2, 0) is 9.53 Å². The molecular formula is C19H23NO2. The number of rotatable bonds is 7. The monoisotopic (exact) mass is 297 g/mol. The van der Waals surface area contributed by atoms with Crippen molar-refractivity contribution in [2.75, 3.05) is 13.2 Å². The van der Waals surface area contributed by atoms with Crippen LogP contribution in [-0.4, -0.2) is 25.2 Å². The molecule has 116 valence electrons. The average Bonchev–Trinajstić information content (AvgIpc) is 2.55. The Kier molecular flexibility index (Phi) is 6.16. The van der Waals surface area contributed by atoms with Gasteiger partial charge in [-0.3, -0.25) is 4.79 Å². The maximum absolute atomic E-state index is 11.9. The molecule has 2 aromatic carbocycles. The van der Waals surface area contributed by atoms with Gasteiger partial charge in [0, 0.05) is 18.6 Å². The second kappa shape index (κ2) is 8.35. The van der Waals surface area contributed by atoms with Crippen LogP contribution in [0.1, 0.15) is 30.9 Å². The first-order chi connectivity index (χ1) is 10.7. The summed E-state index contributed by atoms with van der Waals surface area (Å²) in [4.78, 5) is 11.9. The quantitative estimate of drug-likeness (QED) is 0.851. The van der Waals surface area contributed by atoms with Crippen molar-refractivity contribution in [1.29, 1.82) is 0 Å². The average molecular weight is 297 g/mol. The van der Waals surface area contributed by atoms with E-state index < -0.39 is 0 Å². The summed E-state index contributed by atoms with van der Waals surface area (Å²) >= 11 is 0. The normalized spacial score (nSPS) is 12.1. The number of carbonyl (C=O) groups excluding carboxylic acids is 1. The molecule has 0 spiro atoms. The van der Waals surface area contributed by atoms with E-state index in [-0.39, 0.29) is 24.5 Å². The van der Waals surface area contributed by atoms with E-state index in [0.717, 1.165) is 0 Å². The molecule has 3 heteroatoms. The van der Waals surface area contributed by atoms with Crippen LogP contribution in [0, 0.1) is 0 Å². The van der Waals surface area contributed by atoms with Crippen molar-refractivity contribution in [2.45, 2.75) is 25.8 Å². The first-order valence-electron chi connectivity index (χ1n) is 7.69. The number of carbonyl (C=O) groups is 1. The number of benzene rings is 2. The molecule has 0 aliphatic rings. The summed E-state index contributed by atoms with van der Waals surface area (Å²) in [6.45, 7) is 4.57. The largest absolute Gasteiger partial charge is 0.372 e. The fraction of sp³-hybridized carbons (Fsp3) is 0.316. The third-order valence-electron chi connectivity index (χ3n) is 3.64. The molecule has 0 saturated heterocycles. The molecule has 1 N–H and O–H groups in total. The zero-order chi connectivity index (χ0) is 15.8. The highest BCUT2D eigenvalue weighted by molar-refractivity contribution is 5.77. The maximum atomic E-state index is 11.9. The molecule has 0 aliphatic carbocycles. The number of hydrogen-bond acceptors (Lipinski definition) is 2. The van der Waals surface area contributed by atoms with Gasteiger partial charge in [-0.1, -0.05) is 60.7 Å². The highest BCUT2D eigenvalue weighted by Gasteiger charge is 2.22. The molecule has 0 saturated carbocycles. The topological polar surface area (TPSA) is 38.3 Å². The van der Waals surface area contributed by atoms with E-state index in [9.17, 15) is 4.79 Å². The third-order valence-corrected chi connectivity index (χ3v) is 3.64. The van der Waals surface area contributed by atoms with E-state index in [1.54, 1.807) is 0 Å². The van der Waals surface area contributed by atoms with E-state index in [4.69, 9.17) is 4.74 Å². The molecule has 0 fully saturated rings.